The first kappa shape index (κ1) is 18.7. The van der Waals surface area contributed by atoms with Crippen LogP contribution in [0.2, 0.25) is 0 Å². The first-order valence-corrected chi connectivity index (χ1v) is 7.64. The van der Waals surface area contributed by atoms with E-state index in [0.29, 0.717) is 5.56 Å². The van der Waals surface area contributed by atoms with Gasteiger partial charge in [0.1, 0.15) is 11.3 Å². The van der Waals surface area contributed by atoms with Gasteiger partial charge in [-0.25, -0.2) is 9.59 Å². The van der Waals surface area contributed by atoms with Gasteiger partial charge in [-0.1, -0.05) is 39.8 Å². The van der Waals surface area contributed by atoms with E-state index in [2.05, 4.69) is 0 Å². The Morgan fingerprint density at radius 3 is 2.00 bits per heavy atom. The van der Waals surface area contributed by atoms with E-state index < -0.39 is 11.9 Å². The maximum absolute atomic E-state index is 12.2. The second-order valence-electron chi connectivity index (χ2n) is 6.14. The molecule has 0 radical (unpaired) electrons. The minimum atomic E-state index is -0.726. The highest BCUT2D eigenvalue weighted by molar-refractivity contribution is 6.17. The third kappa shape index (κ3) is 7.00. The first-order chi connectivity index (χ1) is 10.8. The third-order valence-corrected chi connectivity index (χ3v) is 2.72. The van der Waals surface area contributed by atoms with Gasteiger partial charge in [0, 0.05) is 0 Å². The van der Waals surface area contributed by atoms with Crippen LogP contribution in [0.5, 0.6) is 5.75 Å². The molecule has 0 aliphatic rings. The Morgan fingerprint density at radius 1 is 1.04 bits per heavy atom. The first-order valence-electron chi connectivity index (χ1n) is 7.64. The molecule has 0 bridgehead atoms. The smallest absolute Gasteiger partial charge is 0.345 e. The number of hydrogen-bond acceptors (Lipinski definition) is 5. The summed E-state index contributed by atoms with van der Waals surface area (Å²) in [4.78, 5) is 24.3. The lowest BCUT2D eigenvalue weighted by atomic mass is 10.1. The molecular formula is C18H24O5. The van der Waals surface area contributed by atoms with Crippen LogP contribution in [0.25, 0.3) is 6.08 Å². The molecule has 5 nitrogen and oxygen atoms in total. The molecule has 0 saturated carbocycles. The molecule has 0 saturated heterocycles. The molecular weight excluding hydrogens is 296 g/mol. The molecule has 5 heteroatoms. The molecule has 1 rings (SSSR count). The Labute approximate surface area is 136 Å². The summed E-state index contributed by atoms with van der Waals surface area (Å²) >= 11 is 0. The molecule has 0 fully saturated rings. The highest BCUT2D eigenvalue weighted by Crippen LogP contribution is 2.16. The van der Waals surface area contributed by atoms with Crippen molar-refractivity contribution in [1.82, 2.24) is 0 Å². The van der Waals surface area contributed by atoms with Crippen molar-refractivity contribution >= 4 is 18.0 Å². The fourth-order valence-electron chi connectivity index (χ4n) is 1.62. The predicted molar refractivity (Wildman–Crippen MR) is 87.7 cm³/mol. The number of carbonyl (C=O) groups is 2. The molecule has 126 valence electrons. The second kappa shape index (κ2) is 8.98. The molecule has 1 aromatic carbocycles. The topological polar surface area (TPSA) is 72.8 Å². The summed E-state index contributed by atoms with van der Waals surface area (Å²) in [6, 6.07) is 6.25. The number of phenols is 1. The molecule has 0 aromatic heterocycles. The summed E-state index contributed by atoms with van der Waals surface area (Å²) in [5.41, 5.74) is 0.333. The number of hydrogen-bond donors (Lipinski definition) is 1. The van der Waals surface area contributed by atoms with E-state index in [9.17, 15) is 14.7 Å². The highest BCUT2D eigenvalue weighted by Gasteiger charge is 2.22. The van der Waals surface area contributed by atoms with Crippen molar-refractivity contribution in [2.24, 2.45) is 11.8 Å². The molecule has 0 unspecified atom stereocenters. The molecule has 1 aromatic rings. The SMILES string of the molecule is CC(C)COC(=O)C(=Cc1cccc(O)c1)C(=O)OCC(C)C. The number of aromatic hydroxyl groups is 1. The third-order valence-electron chi connectivity index (χ3n) is 2.72. The quantitative estimate of drug-likeness (QED) is 0.361. The number of esters is 2. The minimum Gasteiger partial charge on any atom is -0.508 e. The zero-order valence-electron chi connectivity index (χ0n) is 14.0. The Bertz CT molecular complexity index is 547. The zero-order chi connectivity index (χ0) is 17.4. The van der Waals surface area contributed by atoms with Gasteiger partial charge in [-0.2, -0.15) is 0 Å². The molecule has 23 heavy (non-hydrogen) atoms. The van der Waals surface area contributed by atoms with Crippen molar-refractivity contribution in [3.63, 3.8) is 0 Å². The summed E-state index contributed by atoms with van der Waals surface area (Å²) < 4.78 is 10.3. The number of benzene rings is 1. The van der Waals surface area contributed by atoms with Crippen LogP contribution in [-0.4, -0.2) is 30.3 Å². The normalized spacial score (nSPS) is 10.5. The average Bonchev–Trinajstić information content (AvgIpc) is 2.48. The van der Waals surface area contributed by atoms with Gasteiger partial charge in [0.05, 0.1) is 13.2 Å². The van der Waals surface area contributed by atoms with Gasteiger partial charge >= 0.3 is 11.9 Å². The van der Waals surface area contributed by atoms with Crippen LogP contribution in [0.15, 0.2) is 29.8 Å². The van der Waals surface area contributed by atoms with E-state index >= 15 is 0 Å². The summed E-state index contributed by atoms with van der Waals surface area (Å²) in [5.74, 6) is -1.09. The molecule has 1 N–H and O–H groups in total. The number of ether oxygens (including phenoxy) is 2. The lowest BCUT2D eigenvalue weighted by Crippen LogP contribution is -2.21. The van der Waals surface area contributed by atoms with E-state index in [1.54, 1.807) is 12.1 Å². The lowest BCUT2D eigenvalue weighted by molar-refractivity contribution is -0.148. The molecule has 0 heterocycles. The van der Waals surface area contributed by atoms with Crippen LogP contribution < -0.4 is 0 Å². The fourth-order valence-corrected chi connectivity index (χ4v) is 1.62. The Balaban J connectivity index is 3.00. The number of phenolic OH excluding ortho intramolecular Hbond substituents is 1. The fraction of sp³-hybridized carbons (Fsp3) is 0.444. The predicted octanol–water partition coefficient (Wildman–Crippen LogP) is 3.17. The van der Waals surface area contributed by atoms with E-state index in [1.807, 2.05) is 27.7 Å². The second-order valence-corrected chi connectivity index (χ2v) is 6.14. The minimum absolute atomic E-state index is 0.0456. The van der Waals surface area contributed by atoms with Crippen LogP contribution in [0.1, 0.15) is 33.3 Å². The largest absolute Gasteiger partial charge is 0.508 e. The van der Waals surface area contributed by atoms with Crippen molar-refractivity contribution in [3.8, 4) is 5.75 Å². The Hall–Kier alpha value is -2.30. The molecule has 0 amide bonds. The standard InChI is InChI=1S/C18H24O5/c1-12(2)10-22-17(20)16(18(21)23-11-13(3)4)9-14-6-5-7-15(19)8-14/h5-9,12-13,19H,10-11H2,1-4H3. The zero-order valence-corrected chi connectivity index (χ0v) is 14.0. The van der Waals surface area contributed by atoms with E-state index in [-0.39, 0.29) is 36.4 Å². The maximum Gasteiger partial charge on any atom is 0.345 e. The van der Waals surface area contributed by atoms with Crippen molar-refractivity contribution in [3.05, 3.63) is 35.4 Å². The van der Waals surface area contributed by atoms with E-state index in [0.717, 1.165) is 0 Å². The Morgan fingerprint density at radius 2 is 1.57 bits per heavy atom. The summed E-state index contributed by atoms with van der Waals surface area (Å²) in [6.07, 6.45) is 1.37. The summed E-state index contributed by atoms with van der Waals surface area (Å²) in [6.45, 7) is 8.05. The van der Waals surface area contributed by atoms with Crippen molar-refractivity contribution < 1.29 is 24.2 Å². The van der Waals surface area contributed by atoms with Gasteiger partial charge in [0.2, 0.25) is 0 Å². The van der Waals surface area contributed by atoms with Crippen LogP contribution in [0.3, 0.4) is 0 Å². The van der Waals surface area contributed by atoms with E-state index in [4.69, 9.17) is 9.47 Å². The monoisotopic (exact) mass is 320 g/mol. The van der Waals surface area contributed by atoms with Crippen molar-refractivity contribution in [2.75, 3.05) is 13.2 Å². The van der Waals surface area contributed by atoms with Crippen molar-refractivity contribution in [1.29, 1.82) is 0 Å². The average molecular weight is 320 g/mol. The van der Waals surface area contributed by atoms with Crippen LogP contribution >= 0.6 is 0 Å². The molecule has 0 aliphatic carbocycles. The van der Waals surface area contributed by atoms with Gasteiger partial charge in [-0.15, -0.1) is 0 Å². The molecule has 0 aliphatic heterocycles. The molecule has 0 spiro atoms. The lowest BCUT2D eigenvalue weighted by Gasteiger charge is -2.11. The van der Waals surface area contributed by atoms with Crippen LogP contribution in [0, 0.1) is 11.8 Å². The van der Waals surface area contributed by atoms with Crippen molar-refractivity contribution in [2.45, 2.75) is 27.7 Å². The highest BCUT2D eigenvalue weighted by atomic mass is 16.6. The number of rotatable bonds is 7. The van der Waals surface area contributed by atoms with Gasteiger partial charge in [-0.05, 0) is 35.6 Å². The van der Waals surface area contributed by atoms with E-state index in [1.165, 1.54) is 18.2 Å². The Kier molecular flexibility index (Phi) is 7.32. The van der Waals surface area contributed by atoms with Crippen LogP contribution in [0.4, 0.5) is 0 Å². The maximum atomic E-state index is 12.2. The summed E-state index contributed by atoms with van der Waals surface area (Å²) in [7, 11) is 0. The number of carbonyl (C=O) groups excluding carboxylic acids is 2. The van der Waals surface area contributed by atoms with Gasteiger partial charge in [0.15, 0.2) is 0 Å². The molecule has 0 atom stereocenters. The summed E-state index contributed by atoms with van der Waals surface area (Å²) in [5, 5.41) is 9.49. The van der Waals surface area contributed by atoms with Gasteiger partial charge in [0.25, 0.3) is 0 Å². The van der Waals surface area contributed by atoms with Gasteiger partial charge in [-0.3, -0.25) is 0 Å². The van der Waals surface area contributed by atoms with Crippen LogP contribution in [-0.2, 0) is 19.1 Å². The van der Waals surface area contributed by atoms with Gasteiger partial charge < -0.3 is 14.6 Å².